The molecule has 0 atom stereocenters. The molecule has 0 aromatic rings. The van der Waals surface area contributed by atoms with E-state index in [-0.39, 0.29) is 5.78 Å². The fourth-order valence-electron chi connectivity index (χ4n) is 0.778. The van der Waals surface area contributed by atoms with Crippen LogP contribution in [0.25, 0.3) is 0 Å². The van der Waals surface area contributed by atoms with Crippen molar-refractivity contribution in [3.05, 3.63) is 6.10 Å². The molecule has 2 nitrogen and oxygen atoms in total. The first-order valence-electron chi connectivity index (χ1n) is 2.80. The van der Waals surface area contributed by atoms with Gasteiger partial charge in [-0.05, 0) is 19.8 Å². The van der Waals surface area contributed by atoms with Crippen LogP contribution in [0, 0.1) is 6.10 Å². The summed E-state index contributed by atoms with van der Waals surface area (Å²) in [6.07, 6.45) is 2.51. The molecule has 1 aliphatic heterocycles. The monoisotopic (exact) mass is 113 g/mol. The molecule has 0 bridgehead atoms. The Morgan fingerprint density at radius 1 is 1.75 bits per heavy atom. The van der Waals surface area contributed by atoms with Crippen molar-refractivity contribution in [2.75, 3.05) is 6.61 Å². The fraction of sp³-hybridized carbons (Fsp3) is 0.667. The highest BCUT2D eigenvalue weighted by Crippen LogP contribution is 2.19. The number of hydrogen-bond donors (Lipinski definition) is 0. The van der Waals surface area contributed by atoms with E-state index < -0.39 is 0 Å². The van der Waals surface area contributed by atoms with Crippen molar-refractivity contribution in [3.8, 4) is 0 Å². The Balaban J connectivity index is 2.35. The number of ether oxygens (including phenoxy) is 1. The van der Waals surface area contributed by atoms with Gasteiger partial charge in [-0.3, -0.25) is 4.79 Å². The molecule has 0 N–H and O–H groups in total. The van der Waals surface area contributed by atoms with Crippen LogP contribution < -0.4 is 0 Å². The molecule has 8 heavy (non-hydrogen) atoms. The summed E-state index contributed by atoms with van der Waals surface area (Å²) in [5.74, 6) is 0.0856. The minimum atomic E-state index is 0.0856. The maximum absolute atomic E-state index is 10.5. The Morgan fingerprint density at radius 3 is 2.75 bits per heavy atom. The molecule has 1 aliphatic rings. The smallest absolute Gasteiger partial charge is 0.165 e. The third kappa shape index (κ3) is 1.07. The predicted octanol–water partition coefficient (Wildman–Crippen LogP) is 0.918. The summed E-state index contributed by atoms with van der Waals surface area (Å²) in [5.41, 5.74) is 0. The van der Waals surface area contributed by atoms with Gasteiger partial charge in [0.2, 0.25) is 0 Å². The number of ketones is 1. The van der Waals surface area contributed by atoms with Crippen molar-refractivity contribution < 1.29 is 9.53 Å². The van der Waals surface area contributed by atoms with Crippen molar-refractivity contribution in [3.63, 3.8) is 0 Å². The van der Waals surface area contributed by atoms with Crippen molar-refractivity contribution in [1.29, 1.82) is 0 Å². The van der Waals surface area contributed by atoms with Crippen LogP contribution in [0.3, 0.4) is 0 Å². The van der Waals surface area contributed by atoms with E-state index in [0.29, 0.717) is 6.10 Å². The highest BCUT2D eigenvalue weighted by molar-refractivity contribution is 5.88. The highest BCUT2D eigenvalue weighted by atomic mass is 16.5. The lowest BCUT2D eigenvalue weighted by Crippen LogP contribution is -2.04. The first kappa shape index (κ1) is 5.76. The second-order valence-electron chi connectivity index (χ2n) is 1.93. The van der Waals surface area contributed by atoms with Crippen LogP contribution in [0.15, 0.2) is 0 Å². The van der Waals surface area contributed by atoms with Crippen LogP contribution in [-0.2, 0) is 9.53 Å². The Labute approximate surface area is 48.8 Å². The second kappa shape index (κ2) is 2.27. The van der Waals surface area contributed by atoms with E-state index in [1.54, 1.807) is 6.92 Å². The van der Waals surface area contributed by atoms with E-state index >= 15 is 0 Å². The Morgan fingerprint density at radius 2 is 2.50 bits per heavy atom. The maximum atomic E-state index is 10.5. The number of hydrogen-bond acceptors (Lipinski definition) is 2. The van der Waals surface area contributed by atoms with Gasteiger partial charge in [0, 0.05) is 6.61 Å². The molecule has 1 rings (SSSR count). The lowest BCUT2D eigenvalue weighted by atomic mass is 10.2. The van der Waals surface area contributed by atoms with Gasteiger partial charge in [-0.2, -0.15) is 0 Å². The van der Waals surface area contributed by atoms with Crippen molar-refractivity contribution in [2.24, 2.45) is 0 Å². The standard InChI is InChI=1S/C6H9O2/c1-5(7)6-3-2-4-8-6/h2-4H2,1H3. The molecule has 45 valence electrons. The van der Waals surface area contributed by atoms with Gasteiger partial charge in [-0.1, -0.05) is 0 Å². The number of Topliss-reactive ketones (excluding diaryl/α,β-unsaturated/α-hetero) is 1. The Hall–Kier alpha value is -0.370. The zero-order valence-electron chi connectivity index (χ0n) is 4.94. The van der Waals surface area contributed by atoms with Gasteiger partial charge >= 0.3 is 0 Å². The van der Waals surface area contributed by atoms with Crippen molar-refractivity contribution in [2.45, 2.75) is 19.8 Å². The Bertz CT molecular complexity index is 92.7. The maximum Gasteiger partial charge on any atom is 0.165 e. The van der Waals surface area contributed by atoms with E-state index in [1.165, 1.54) is 0 Å². The lowest BCUT2D eigenvalue weighted by molar-refractivity contribution is -0.119. The van der Waals surface area contributed by atoms with Crippen molar-refractivity contribution in [1.82, 2.24) is 0 Å². The van der Waals surface area contributed by atoms with Gasteiger partial charge in [-0.15, -0.1) is 0 Å². The average Bonchev–Trinajstić information content (AvgIpc) is 2.12. The fourth-order valence-corrected chi connectivity index (χ4v) is 0.778. The molecule has 0 aliphatic carbocycles. The van der Waals surface area contributed by atoms with Gasteiger partial charge in [0.15, 0.2) is 11.9 Å². The minimum Gasteiger partial charge on any atom is -0.364 e. The average molecular weight is 113 g/mol. The highest BCUT2D eigenvalue weighted by Gasteiger charge is 2.20. The SMILES string of the molecule is CC(=O)[C]1CCCO1. The van der Waals surface area contributed by atoms with Crippen LogP contribution >= 0.6 is 0 Å². The van der Waals surface area contributed by atoms with Crippen LogP contribution in [-0.4, -0.2) is 12.4 Å². The lowest BCUT2D eigenvalue weighted by Gasteiger charge is -1.98. The van der Waals surface area contributed by atoms with Gasteiger partial charge in [0.05, 0.1) is 0 Å². The van der Waals surface area contributed by atoms with Gasteiger partial charge in [0.25, 0.3) is 0 Å². The molecule has 0 aromatic carbocycles. The summed E-state index contributed by atoms with van der Waals surface area (Å²) in [6, 6.07) is 0. The van der Waals surface area contributed by atoms with Crippen LogP contribution in [0.4, 0.5) is 0 Å². The molecular formula is C6H9O2. The summed E-state index contributed by atoms with van der Waals surface area (Å²) >= 11 is 0. The molecule has 1 radical (unpaired) electrons. The molecule has 0 unspecified atom stereocenters. The molecule has 1 fully saturated rings. The molecular weight excluding hydrogens is 104 g/mol. The number of rotatable bonds is 1. The zero-order chi connectivity index (χ0) is 5.98. The molecule has 2 heteroatoms. The topological polar surface area (TPSA) is 26.3 Å². The van der Waals surface area contributed by atoms with Gasteiger partial charge in [0.1, 0.15) is 0 Å². The first-order chi connectivity index (χ1) is 3.80. The quantitative estimate of drug-likeness (QED) is 0.505. The summed E-state index contributed by atoms with van der Waals surface area (Å²) < 4.78 is 4.98. The summed E-state index contributed by atoms with van der Waals surface area (Å²) in [6.45, 7) is 2.27. The normalized spacial score (nSPS) is 21.6. The van der Waals surface area contributed by atoms with E-state index in [2.05, 4.69) is 0 Å². The summed E-state index contributed by atoms with van der Waals surface area (Å²) in [4.78, 5) is 10.5. The molecule has 1 heterocycles. The number of carbonyl (C=O) groups excluding carboxylic acids is 1. The van der Waals surface area contributed by atoms with E-state index in [0.717, 1.165) is 19.4 Å². The molecule has 0 amide bonds. The Kier molecular flexibility index (Phi) is 1.63. The van der Waals surface area contributed by atoms with Crippen LogP contribution in [0.2, 0.25) is 0 Å². The number of carbonyl (C=O) groups is 1. The molecule has 0 aromatic heterocycles. The minimum absolute atomic E-state index is 0.0856. The third-order valence-corrected chi connectivity index (χ3v) is 1.22. The van der Waals surface area contributed by atoms with Crippen molar-refractivity contribution >= 4 is 5.78 Å². The summed E-state index contributed by atoms with van der Waals surface area (Å²) in [5, 5.41) is 0. The predicted molar refractivity (Wildman–Crippen MR) is 29.1 cm³/mol. The third-order valence-electron chi connectivity index (χ3n) is 1.22. The largest absolute Gasteiger partial charge is 0.364 e. The van der Waals surface area contributed by atoms with E-state index in [9.17, 15) is 4.79 Å². The van der Waals surface area contributed by atoms with Crippen LogP contribution in [0.5, 0.6) is 0 Å². The molecule has 0 spiro atoms. The van der Waals surface area contributed by atoms with E-state index in [1.807, 2.05) is 0 Å². The van der Waals surface area contributed by atoms with E-state index in [4.69, 9.17) is 4.74 Å². The van der Waals surface area contributed by atoms with Crippen LogP contribution in [0.1, 0.15) is 19.8 Å². The molecule has 1 saturated heterocycles. The molecule has 0 saturated carbocycles. The first-order valence-corrected chi connectivity index (χ1v) is 2.80. The zero-order valence-corrected chi connectivity index (χ0v) is 4.94. The van der Waals surface area contributed by atoms with Gasteiger partial charge in [-0.25, -0.2) is 0 Å². The van der Waals surface area contributed by atoms with Gasteiger partial charge < -0.3 is 4.74 Å². The summed E-state index contributed by atoms with van der Waals surface area (Å²) in [7, 11) is 0. The second-order valence-corrected chi connectivity index (χ2v) is 1.93.